The first-order valence-corrected chi connectivity index (χ1v) is 7.33. The van der Waals surface area contributed by atoms with Crippen molar-refractivity contribution >= 4 is 5.91 Å². The summed E-state index contributed by atoms with van der Waals surface area (Å²) in [6, 6.07) is 0. The van der Waals surface area contributed by atoms with Gasteiger partial charge in [-0.2, -0.15) is 0 Å². The summed E-state index contributed by atoms with van der Waals surface area (Å²) in [5, 5.41) is 3.04. The molecule has 2 aliphatic heterocycles. The third-order valence-corrected chi connectivity index (χ3v) is 3.87. The molecule has 0 aliphatic carbocycles. The largest absolute Gasteiger partial charge is 0.381 e. The highest BCUT2D eigenvalue weighted by molar-refractivity contribution is 5.78. The molecule has 2 fully saturated rings. The van der Waals surface area contributed by atoms with Crippen molar-refractivity contribution in [3.63, 3.8) is 0 Å². The van der Waals surface area contributed by atoms with Gasteiger partial charge < -0.3 is 14.8 Å². The van der Waals surface area contributed by atoms with Gasteiger partial charge in [-0.3, -0.25) is 4.79 Å². The second-order valence-corrected chi connectivity index (χ2v) is 5.31. The van der Waals surface area contributed by atoms with Crippen LogP contribution in [-0.2, 0) is 14.3 Å². The zero-order valence-corrected chi connectivity index (χ0v) is 11.2. The topological polar surface area (TPSA) is 47.6 Å². The van der Waals surface area contributed by atoms with E-state index in [1.165, 1.54) is 12.8 Å². The van der Waals surface area contributed by atoms with E-state index >= 15 is 0 Å². The Kier molecular flexibility index (Phi) is 5.94. The van der Waals surface area contributed by atoms with Crippen molar-refractivity contribution in [2.45, 2.75) is 51.0 Å². The van der Waals surface area contributed by atoms with E-state index in [4.69, 9.17) is 9.47 Å². The number of hydrogen-bond donors (Lipinski definition) is 1. The Morgan fingerprint density at radius 2 is 1.94 bits per heavy atom. The molecule has 4 heteroatoms. The predicted octanol–water partition coefficient (Wildman–Crippen LogP) is 1.88. The molecule has 18 heavy (non-hydrogen) atoms. The fraction of sp³-hybridized carbons (Fsp3) is 0.929. The van der Waals surface area contributed by atoms with Crippen LogP contribution in [0.5, 0.6) is 0 Å². The van der Waals surface area contributed by atoms with Crippen LogP contribution in [0.3, 0.4) is 0 Å². The highest BCUT2D eigenvalue weighted by Crippen LogP contribution is 2.17. The fourth-order valence-electron chi connectivity index (χ4n) is 2.68. The Morgan fingerprint density at radius 3 is 2.67 bits per heavy atom. The lowest BCUT2D eigenvalue weighted by Gasteiger charge is -2.21. The van der Waals surface area contributed by atoms with Gasteiger partial charge in [0.15, 0.2) is 0 Å². The molecule has 0 radical (unpaired) electrons. The molecule has 104 valence electrons. The number of unbranched alkanes of at least 4 members (excludes halogenated alkanes) is 1. The fourth-order valence-corrected chi connectivity index (χ4v) is 2.68. The van der Waals surface area contributed by atoms with Gasteiger partial charge in [-0.1, -0.05) is 0 Å². The van der Waals surface area contributed by atoms with E-state index in [0.29, 0.717) is 6.10 Å². The summed E-state index contributed by atoms with van der Waals surface area (Å²) in [5.74, 6) is 0.396. The summed E-state index contributed by atoms with van der Waals surface area (Å²) >= 11 is 0. The standard InChI is InChI=1S/C14H25NO3/c16-14(12-6-10-17-11-7-12)15-8-2-1-4-13-5-3-9-18-13/h12-13H,1-11H2,(H,15,16). The van der Waals surface area contributed by atoms with E-state index in [1.807, 2.05) is 0 Å². The van der Waals surface area contributed by atoms with Gasteiger partial charge in [0.2, 0.25) is 5.91 Å². The number of amides is 1. The van der Waals surface area contributed by atoms with Crippen molar-refractivity contribution in [2.24, 2.45) is 5.92 Å². The lowest BCUT2D eigenvalue weighted by Crippen LogP contribution is -2.34. The first-order chi connectivity index (χ1) is 8.86. The first kappa shape index (κ1) is 13.8. The molecular weight excluding hydrogens is 230 g/mol. The van der Waals surface area contributed by atoms with Crippen molar-refractivity contribution in [1.82, 2.24) is 5.32 Å². The highest BCUT2D eigenvalue weighted by Gasteiger charge is 2.21. The molecule has 2 rings (SSSR count). The SMILES string of the molecule is O=C(NCCCCC1CCCO1)C1CCOCC1. The molecule has 2 heterocycles. The maximum absolute atomic E-state index is 11.8. The first-order valence-electron chi connectivity index (χ1n) is 7.33. The van der Waals surface area contributed by atoms with Gasteiger partial charge >= 0.3 is 0 Å². The van der Waals surface area contributed by atoms with E-state index in [1.54, 1.807) is 0 Å². The van der Waals surface area contributed by atoms with Crippen molar-refractivity contribution in [3.8, 4) is 0 Å². The second kappa shape index (κ2) is 7.74. The molecular formula is C14H25NO3. The van der Waals surface area contributed by atoms with Gasteiger partial charge in [0.05, 0.1) is 6.10 Å². The summed E-state index contributed by atoms with van der Waals surface area (Å²) < 4.78 is 10.8. The van der Waals surface area contributed by atoms with Crippen LogP contribution in [0, 0.1) is 5.92 Å². The Labute approximate surface area is 109 Å². The molecule has 0 aromatic carbocycles. The van der Waals surface area contributed by atoms with Crippen molar-refractivity contribution in [1.29, 1.82) is 0 Å². The lowest BCUT2D eigenvalue weighted by molar-refractivity contribution is -0.127. The summed E-state index contributed by atoms with van der Waals surface area (Å²) in [5.41, 5.74) is 0. The Balaban J connectivity index is 1.48. The lowest BCUT2D eigenvalue weighted by atomic mass is 9.99. The third kappa shape index (κ3) is 4.58. The van der Waals surface area contributed by atoms with Crippen molar-refractivity contribution in [2.75, 3.05) is 26.4 Å². The van der Waals surface area contributed by atoms with E-state index in [-0.39, 0.29) is 11.8 Å². The zero-order valence-electron chi connectivity index (χ0n) is 11.2. The molecule has 0 bridgehead atoms. The molecule has 0 aromatic heterocycles. The average Bonchev–Trinajstić information content (AvgIpc) is 2.92. The van der Waals surface area contributed by atoms with E-state index in [9.17, 15) is 4.79 Å². The van der Waals surface area contributed by atoms with E-state index in [2.05, 4.69) is 5.32 Å². The minimum Gasteiger partial charge on any atom is -0.381 e. The van der Waals surface area contributed by atoms with Gasteiger partial charge in [-0.15, -0.1) is 0 Å². The summed E-state index contributed by atoms with van der Waals surface area (Å²) in [6.07, 6.45) is 8.03. The number of rotatable bonds is 6. The van der Waals surface area contributed by atoms with Gasteiger partial charge in [0.25, 0.3) is 0 Å². The van der Waals surface area contributed by atoms with E-state index in [0.717, 1.165) is 58.5 Å². The van der Waals surface area contributed by atoms with Crippen molar-refractivity contribution < 1.29 is 14.3 Å². The molecule has 0 aromatic rings. The van der Waals surface area contributed by atoms with Crippen LogP contribution in [-0.4, -0.2) is 38.4 Å². The molecule has 4 nitrogen and oxygen atoms in total. The number of nitrogens with one attached hydrogen (secondary N) is 1. The molecule has 2 saturated heterocycles. The van der Waals surface area contributed by atoms with Crippen LogP contribution in [0.4, 0.5) is 0 Å². The van der Waals surface area contributed by atoms with Gasteiger partial charge in [0, 0.05) is 32.3 Å². The number of ether oxygens (including phenoxy) is 2. The van der Waals surface area contributed by atoms with Crippen LogP contribution in [0.2, 0.25) is 0 Å². The van der Waals surface area contributed by atoms with Gasteiger partial charge in [-0.25, -0.2) is 0 Å². The second-order valence-electron chi connectivity index (χ2n) is 5.31. The Hall–Kier alpha value is -0.610. The van der Waals surface area contributed by atoms with E-state index < -0.39 is 0 Å². The van der Waals surface area contributed by atoms with Crippen LogP contribution in [0.1, 0.15) is 44.9 Å². The molecule has 0 saturated carbocycles. The average molecular weight is 255 g/mol. The van der Waals surface area contributed by atoms with Crippen LogP contribution in [0.25, 0.3) is 0 Å². The smallest absolute Gasteiger partial charge is 0.223 e. The minimum atomic E-state index is 0.178. The van der Waals surface area contributed by atoms with Gasteiger partial charge in [0.1, 0.15) is 0 Å². The van der Waals surface area contributed by atoms with Gasteiger partial charge in [-0.05, 0) is 44.9 Å². The predicted molar refractivity (Wildman–Crippen MR) is 69.4 cm³/mol. The molecule has 1 N–H and O–H groups in total. The summed E-state index contributed by atoms with van der Waals surface area (Å²) in [4.78, 5) is 11.8. The highest BCUT2D eigenvalue weighted by atomic mass is 16.5. The number of hydrogen-bond acceptors (Lipinski definition) is 3. The maximum atomic E-state index is 11.8. The Bertz CT molecular complexity index is 245. The summed E-state index contributed by atoms with van der Waals surface area (Å²) in [6.45, 7) is 3.21. The zero-order chi connectivity index (χ0) is 12.6. The maximum Gasteiger partial charge on any atom is 0.223 e. The molecule has 0 spiro atoms. The van der Waals surface area contributed by atoms with Crippen LogP contribution < -0.4 is 5.32 Å². The molecule has 1 amide bonds. The third-order valence-electron chi connectivity index (χ3n) is 3.87. The molecule has 1 unspecified atom stereocenters. The van der Waals surface area contributed by atoms with Crippen LogP contribution >= 0.6 is 0 Å². The minimum absolute atomic E-state index is 0.178. The molecule has 1 atom stereocenters. The van der Waals surface area contributed by atoms with Crippen molar-refractivity contribution in [3.05, 3.63) is 0 Å². The molecule has 2 aliphatic rings. The number of carbonyl (C=O) groups is 1. The van der Waals surface area contributed by atoms with Crippen LogP contribution in [0.15, 0.2) is 0 Å². The monoisotopic (exact) mass is 255 g/mol. The Morgan fingerprint density at radius 1 is 1.11 bits per heavy atom. The normalized spacial score (nSPS) is 25.2. The quantitative estimate of drug-likeness (QED) is 0.737. The summed E-state index contributed by atoms with van der Waals surface area (Å²) in [7, 11) is 0. The number of carbonyl (C=O) groups excluding carboxylic acids is 1.